The van der Waals surface area contributed by atoms with E-state index >= 15 is 0 Å². The van der Waals surface area contributed by atoms with E-state index in [2.05, 4.69) is 15.5 Å². The summed E-state index contributed by atoms with van der Waals surface area (Å²) in [7, 11) is 0. The van der Waals surface area contributed by atoms with Gasteiger partial charge in [0.25, 0.3) is 6.43 Å². The third kappa shape index (κ3) is 3.36. The predicted molar refractivity (Wildman–Crippen MR) is 67.9 cm³/mol. The van der Waals surface area contributed by atoms with Crippen LogP contribution >= 0.6 is 11.3 Å². The third-order valence-corrected chi connectivity index (χ3v) is 3.19. The Morgan fingerprint density at radius 1 is 1.22 bits per heavy atom. The largest absolute Gasteiger partial charge is 0.399 e. The Balaban J connectivity index is 1.82. The van der Waals surface area contributed by atoms with Crippen molar-refractivity contribution < 1.29 is 8.78 Å². The Morgan fingerprint density at radius 3 is 2.56 bits per heavy atom. The number of nitrogens with two attached hydrogens (primary N) is 1. The molecule has 18 heavy (non-hydrogen) atoms. The van der Waals surface area contributed by atoms with E-state index in [1.54, 1.807) is 0 Å². The molecule has 2 aromatic rings. The van der Waals surface area contributed by atoms with Gasteiger partial charge >= 0.3 is 0 Å². The van der Waals surface area contributed by atoms with Gasteiger partial charge in [0.15, 0.2) is 5.01 Å². The maximum absolute atomic E-state index is 12.3. The van der Waals surface area contributed by atoms with Crippen molar-refractivity contribution in [2.45, 2.75) is 12.8 Å². The van der Waals surface area contributed by atoms with Gasteiger partial charge in [0.05, 0.1) is 0 Å². The van der Waals surface area contributed by atoms with E-state index in [9.17, 15) is 8.78 Å². The molecular formula is C11H12F2N4S. The van der Waals surface area contributed by atoms with Gasteiger partial charge in [-0.05, 0) is 24.1 Å². The van der Waals surface area contributed by atoms with E-state index in [1.165, 1.54) is 0 Å². The fourth-order valence-corrected chi connectivity index (χ4v) is 2.02. The van der Waals surface area contributed by atoms with Crippen molar-refractivity contribution in [3.05, 3.63) is 34.8 Å². The van der Waals surface area contributed by atoms with Crippen LogP contribution in [0.15, 0.2) is 24.3 Å². The molecule has 0 amide bonds. The normalized spacial score (nSPS) is 10.8. The van der Waals surface area contributed by atoms with Gasteiger partial charge in [-0.2, -0.15) is 0 Å². The van der Waals surface area contributed by atoms with E-state index in [0.717, 1.165) is 29.0 Å². The summed E-state index contributed by atoms with van der Waals surface area (Å²) in [4.78, 5) is 0. The molecule has 0 atom stereocenters. The molecule has 1 heterocycles. The highest BCUT2D eigenvalue weighted by molar-refractivity contribution is 7.15. The fraction of sp³-hybridized carbons (Fsp3) is 0.273. The van der Waals surface area contributed by atoms with Crippen molar-refractivity contribution in [3.8, 4) is 0 Å². The molecule has 3 N–H and O–H groups in total. The summed E-state index contributed by atoms with van der Waals surface area (Å²) in [5.41, 5.74) is 7.41. The van der Waals surface area contributed by atoms with Crippen LogP contribution in [0, 0.1) is 0 Å². The molecule has 0 spiro atoms. The lowest BCUT2D eigenvalue weighted by Gasteiger charge is -2.02. The first-order valence-electron chi connectivity index (χ1n) is 5.35. The maximum atomic E-state index is 12.3. The van der Waals surface area contributed by atoms with Gasteiger partial charge in [-0.3, -0.25) is 0 Å². The highest BCUT2D eigenvalue weighted by Gasteiger charge is 2.13. The van der Waals surface area contributed by atoms with Crippen LogP contribution in [0.4, 0.5) is 19.6 Å². The van der Waals surface area contributed by atoms with E-state index < -0.39 is 6.43 Å². The number of alkyl halides is 2. The van der Waals surface area contributed by atoms with Crippen LogP contribution in [0.2, 0.25) is 0 Å². The zero-order valence-electron chi connectivity index (χ0n) is 9.44. The van der Waals surface area contributed by atoms with Crippen molar-refractivity contribution in [3.63, 3.8) is 0 Å². The van der Waals surface area contributed by atoms with Gasteiger partial charge in [0.2, 0.25) is 5.13 Å². The number of nitrogens with one attached hydrogen (secondary N) is 1. The summed E-state index contributed by atoms with van der Waals surface area (Å²) in [5.74, 6) is 0. The Morgan fingerprint density at radius 2 is 1.94 bits per heavy atom. The molecule has 2 rings (SSSR count). The van der Waals surface area contributed by atoms with Gasteiger partial charge in [-0.15, -0.1) is 10.2 Å². The molecule has 7 heteroatoms. The lowest BCUT2D eigenvalue weighted by atomic mass is 10.1. The van der Waals surface area contributed by atoms with Crippen molar-refractivity contribution in [1.82, 2.24) is 10.2 Å². The van der Waals surface area contributed by atoms with Crippen molar-refractivity contribution in [2.75, 3.05) is 17.6 Å². The molecule has 4 nitrogen and oxygen atoms in total. The van der Waals surface area contributed by atoms with Gasteiger partial charge in [-0.25, -0.2) is 8.78 Å². The third-order valence-electron chi connectivity index (χ3n) is 2.30. The van der Waals surface area contributed by atoms with Crippen LogP contribution in [-0.2, 0) is 6.42 Å². The van der Waals surface area contributed by atoms with E-state index in [0.29, 0.717) is 11.7 Å². The Hall–Kier alpha value is -1.76. The molecule has 0 saturated carbocycles. The van der Waals surface area contributed by atoms with Crippen LogP contribution in [0.5, 0.6) is 0 Å². The van der Waals surface area contributed by atoms with Crippen molar-refractivity contribution in [2.24, 2.45) is 0 Å². The number of hydrogen-bond donors (Lipinski definition) is 2. The van der Waals surface area contributed by atoms with Gasteiger partial charge in [0.1, 0.15) is 0 Å². The summed E-state index contributed by atoms with van der Waals surface area (Å²) in [6, 6.07) is 7.52. The zero-order valence-corrected chi connectivity index (χ0v) is 10.3. The Labute approximate surface area is 107 Å². The summed E-state index contributed by atoms with van der Waals surface area (Å²) in [5, 5.41) is 10.2. The Bertz CT molecular complexity index is 498. The minimum absolute atomic E-state index is 0.259. The SMILES string of the molecule is Nc1ccc(CCNc2nnc(C(F)F)s2)cc1. The number of anilines is 2. The molecule has 0 aliphatic heterocycles. The number of hydrogen-bond acceptors (Lipinski definition) is 5. The summed E-state index contributed by atoms with van der Waals surface area (Å²) in [6.45, 7) is 0.613. The molecular weight excluding hydrogens is 258 g/mol. The zero-order chi connectivity index (χ0) is 13.0. The maximum Gasteiger partial charge on any atom is 0.291 e. The summed E-state index contributed by atoms with van der Waals surface area (Å²) in [6.07, 6.45) is -1.79. The molecule has 0 radical (unpaired) electrons. The monoisotopic (exact) mass is 270 g/mol. The molecule has 0 fully saturated rings. The predicted octanol–water partition coefficient (Wildman–Crippen LogP) is 2.71. The molecule has 96 valence electrons. The van der Waals surface area contributed by atoms with Crippen LogP contribution < -0.4 is 11.1 Å². The lowest BCUT2D eigenvalue weighted by Crippen LogP contribution is -2.04. The minimum atomic E-state index is -2.56. The standard InChI is InChI=1S/C11H12F2N4S/c12-9(13)10-16-17-11(18-10)15-6-5-7-1-3-8(14)4-2-7/h1-4,9H,5-6,14H2,(H,15,17). The molecule has 0 aliphatic rings. The average molecular weight is 270 g/mol. The van der Waals surface area contributed by atoms with E-state index in [-0.39, 0.29) is 5.01 Å². The second kappa shape index (κ2) is 5.72. The van der Waals surface area contributed by atoms with Crippen LogP contribution in [0.3, 0.4) is 0 Å². The smallest absolute Gasteiger partial charge is 0.291 e. The quantitative estimate of drug-likeness (QED) is 0.820. The minimum Gasteiger partial charge on any atom is -0.399 e. The molecule has 0 bridgehead atoms. The number of aromatic nitrogens is 2. The van der Waals surface area contributed by atoms with E-state index in [4.69, 9.17) is 5.73 Å². The molecule has 0 aliphatic carbocycles. The summed E-state index contributed by atoms with van der Waals surface area (Å²) < 4.78 is 24.5. The molecule has 0 unspecified atom stereocenters. The number of rotatable bonds is 5. The second-order valence-corrected chi connectivity index (χ2v) is 4.67. The van der Waals surface area contributed by atoms with Crippen LogP contribution in [-0.4, -0.2) is 16.7 Å². The number of nitrogens with zero attached hydrogens (tertiary/aromatic N) is 2. The highest BCUT2D eigenvalue weighted by atomic mass is 32.1. The van der Waals surface area contributed by atoms with Crippen molar-refractivity contribution >= 4 is 22.2 Å². The first kappa shape index (κ1) is 12.7. The first-order valence-corrected chi connectivity index (χ1v) is 6.16. The number of benzene rings is 1. The Kier molecular flexibility index (Phi) is 4.03. The molecule has 0 saturated heterocycles. The first-order chi connectivity index (χ1) is 8.65. The van der Waals surface area contributed by atoms with Gasteiger partial charge in [0, 0.05) is 12.2 Å². The fourth-order valence-electron chi connectivity index (χ4n) is 1.39. The molecule has 1 aromatic carbocycles. The van der Waals surface area contributed by atoms with E-state index in [1.807, 2.05) is 24.3 Å². The highest BCUT2D eigenvalue weighted by Crippen LogP contribution is 2.24. The van der Waals surface area contributed by atoms with Crippen LogP contribution in [0.25, 0.3) is 0 Å². The number of nitrogen functional groups attached to an aromatic ring is 1. The topological polar surface area (TPSA) is 63.8 Å². The average Bonchev–Trinajstić information content (AvgIpc) is 2.81. The lowest BCUT2D eigenvalue weighted by molar-refractivity contribution is 0.150. The van der Waals surface area contributed by atoms with Gasteiger partial charge < -0.3 is 11.1 Å². The second-order valence-electron chi connectivity index (χ2n) is 3.66. The number of halogens is 2. The summed E-state index contributed by atoms with van der Waals surface area (Å²) >= 11 is 0.875. The van der Waals surface area contributed by atoms with Crippen molar-refractivity contribution in [1.29, 1.82) is 0 Å². The molecule has 1 aromatic heterocycles. The van der Waals surface area contributed by atoms with Crippen LogP contribution in [0.1, 0.15) is 17.0 Å². The van der Waals surface area contributed by atoms with Gasteiger partial charge in [-0.1, -0.05) is 23.5 Å².